The van der Waals surface area contributed by atoms with Gasteiger partial charge in [-0.1, -0.05) is 0 Å². The summed E-state index contributed by atoms with van der Waals surface area (Å²) in [7, 11) is -3.95. The van der Waals surface area contributed by atoms with Crippen LogP contribution in [0.25, 0.3) is 0 Å². The van der Waals surface area contributed by atoms with Crippen LogP contribution in [0.4, 0.5) is 4.39 Å². The van der Waals surface area contributed by atoms with Crippen LogP contribution in [0.2, 0.25) is 0 Å². The molecule has 2 aromatic rings. The van der Waals surface area contributed by atoms with Crippen molar-refractivity contribution in [3.8, 4) is 11.6 Å². The predicted molar refractivity (Wildman–Crippen MR) is 69.8 cm³/mol. The molecule has 0 saturated heterocycles. The van der Waals surface area contributed by atoms with E-state index in [9.17, 15) is 12.8 Å². The average Bonchev–Trinajstić information content (AvgIpc) is 2.33. The fourth-order valence-corrected chi connectivity index (χ4v) is 2.29. The van der Waals surface area contributed by atoms with E-state index in [-0.39, 0.29) is 21.0 Å². The molecular formula is C11H8BrFN2O3S. The van der Waals surface area contributed by atoms with E-state index in [0.717, 1.165) is 0 Å². The largest absolute Gasteiger partial charge is 0.438 e. The van der Waals surface area contributed by atoms with Crippen LogP contribution in [0.3, 0.4) is 0 Å². The van der Waals surface area contributed by atoms with Crippen molar-refractivity contribution in [3.05, 3.63) is 46.8 Å². The second kappa shape index (κ2) is 5.24. The SMILES string of the molecule is NS(=O)(=O)c1cccnc1Oc1ccc(F)c(Br)c1. The third kappa shape index (κ3) is 3.28. The van der Waals surface area contributed by atoms with E-state index in [1.54, 1.807) is 0 Å². The van der Waals surface area contributed by atoms with Gasteiger partial charge in [0.15, 0.2) is 0 Å². The fraction of sp³-hybridized carbons (Fsp3) is 0. The molecule has 0 aliphatic heterocycles. The molecular weight excluding hydrogens is 339 g/mol. The number of ether oxygens (including phenoxy) is 1. The summed E-state index contributed by atoms with van der Waals surface area (Å²) in [6.07, 6.45) is 1.36. The Labute approximate surface area is 117 Å². The number of sulfonamides is 1. The van der Waals surface area contributed by atoms with Crippen LogP contribution in [0.1, 0.15) is 0 Å². The maximum Gasteiger partial charge on any atom is 0.243 e. The standard InChI is InChI=1S/C11H8BrFN2O3S/c12-8-6-7(3-4-9(8)13)18-11-10(19(14,16)17)2-1-5-15-11/h1-6H,(H2,14,16,17). The number of nitrogens with zero attached hydrogens (tertiary/aromatic N) is 1. The maximum atomic E-state index is 13.1. The van der Waals surface area contributed by atoms with Crippen molar-refractivity contribution in [1.82, 2.24) is 4.98 Å². The molecule has 0 bridgehead atoms. The molecule has 1 aromatic carbocycles. The summed E-state index contributed by atoms with van der Waals surface area (Å²) in [6, 6.07) is 6.58. The van der Waals surface area contributed by atoms with Crippen molar-refractivity contribution >= 4 is 26.0 Å². The summed E-state index contributed by atoms with van der Waals surface area (Å²) in [5.41, 5.74) is 0. The molecule has 0 atom stereocenters. The Morgan fingerprint density at radius 1 is 1.32 bits per heavy atom. The minimum absolute atomic E-state index is 0.163. The van der Waals surface area contributed by atoms with Crippen molar-refractivity contribution < 1.29 is 17.5 Å². The molecule has 1 heterocycles. The summed E-state index contributed by atoms with van der Waals surface area (Å²) >= 11 is 3.00. The Bertz CT molecular complexity index is 722. The lowest BCUT2D eigenvalue weighted by atomic mass is 10.3. The van der Waals surface area contributed by atoms with Gasteiger partial charge in [-0.25, -0.2) is 22.9 Å². The third-order valence-corrected chi connectivity index (χ3v) is 3.68. The number of primary sulfonamides is 1. The summed E-state index contributed by atoms with van der Waals surface area (Å²) in [5, 5.41) is 5.05. The maximum absolute atomic E-state index is 13.1. The number of benzene rings is 1. The van der Waals surface area contributed by atoms with Crippen LogP contribution in [-0.4, -0.2) is 13.4 Å². The van der Waals surface area contributed by atoms with Gasteiger partial charge >= 0.3 is 0 Å². The second-order valence-corrected chi connectivity index (χ2v) is 5.91. The van der Waals surface area contributed by atoms with Gasteiger partial charge < -0.3 is 4.74 Å². The predicted octanol–water partition coefficient (Wildman–Crippen LogP) is 2.42. The number of hydrogen-bond acceptors (Lipinski definition) is 4. The van der Waals surface area contributed by atoms with Crippen LogP contribution < -0.4 is 9.88 Å². The van der Waals surface area contributed by atoms with Crippen molar-refractivity contribution in [2.24, 2.45) is 5.14 Å². The Balaban J connectivity index is 2.41. The van der Waals surface area contributed by atoms with E-state index < -0.39 is 15.8 Å². The summed E-state index contributed by atoms with van der Waals surface area (Å²) in [4.78, 5) is 3.56. The summed E-state index contributed by atoms with van der Waals surface area (Å²) in [6.45, 7) is 0. The van der Waals surface area contributed by atoms with Crippen LogP contribution in [0.15, 0.2) is 45.9 Å². The molecule has 0 aliphatic carbocycles. The first kappa shape index (κ1) is 13.9. The first-order valence-corrected chi connectivity index (χ1v) is 7.32. The Hall–Kier alpha value is -1.51. The topological polar surface area (TPSA) is 82.3 Å². The highest BCUT2D eigenvalue weighted by Gasteiger charge is 2.16. The molecule has 0 aliphatic rings. The van der Waals surface area contributed by atoms with Crippen LogP contribution >= 0.6 is 15.9 Å². The molecule has 0 saturated carbocycles. The molecule has 0 spiro atoms. The summed E-state index contributed by atoms with van der Waals surface area (Å²) < 4.78 is 41.3. The number of hydrogen-bond donors (Lipinski definition) is 1. The van der Waals surface area contributed by atoms with E-state index in [1.807, 2.05) is 0 Å². The lowest BCUT2D eigenvalue weighted by molar-refractivity contribution is 0.445. The first-order chi connectivity index (χ1) is 8.88. The van der Waals surface area contributed by atoms with Gasteiger partial charge in [-0.2, -0.15) is 0 Å². The molecule has 0 amide bonds. The van der Waals surface area contributed by atoms with Crippen LogP contribution in [0.5, 0.6) is 11.6 Å². The minimum Gasteiger partial charge on any atom is -0.438 e. The summed E-state index contributed by atoms with van der Waals surface area (Å²) in [5.74, 6) is -0.388. The molecule has 0 fully saturated rings. The highest BCUT2D eigenvalue weighted by atomic mass is 79.9. The Morgan fingerprint density at radius 2 is 2.05 bits per heavy atom. The van der Waals surface area contributed by atoms with Gasteiger partial charge in [0.2, 0.25) is 15.9 Å². The fourth-order valence-electron chi connectivity index (χ4n) is 1.32. The number of rotatable bonds is 3. The van der Waals surface area contributed by atoms with Crippen molar-refractivity contribution in [3.63, 3.8) is 0 Å². The number of aromatic nitrogens is 1. The van der Waals surface area contributed by atoms with Gasteiger partial charge in [-0.15, -0.1) is 0 Å². The van der Waals surface area contributed by atoms with E-state index in [1.165, 1.54) is 36.5 Å². The first-order valence-electron chi connectivity index (χ1n) is 4.98. The van der Waals surface area contributed by atoms with Gasteiger partial charge in [0, 0.05) is 6.20 Å². The van der Waals surface area contributed by atoms with E-state index >= 15 is 0 Å². The molecule has 0 unspecified atom stereocenters. The van der Waals surface area contributed by atoms with Gasteiger partial charge in [-0.05, 0) is 46.3 Å². The zero-order valence-electron chi connectivity index (χ0n) is 9.38. The highest BCUT2D eigenvalue weighted by Crippen LogP contribution is 2.28. The number of pyridine rings is 1. The molecule has 100 valence electrons. The second-order valence-electron chi connectivity index (χ2n) is 3.53. The molecule has 2 N–H and O–H groups in total. The van der Waals surface area contributed by atoms with E-state index in [4.69, 9.17) is 9.88 Å². The third-order valence-electron chi connectivity index (χ3n) is 2.15. The lowest BCUT2D eigenvalue weighted by Crippen LogP contribution is -2.13. The normalized spacial score (nSPS) is 11.3. The highest BCUT2D eigenvalue weighted by molar-refractivity contribution is 9.10. The lowest BCUT2D eigenvalue weighted by Gasteiger charge is -2.08. The Morgan fingerprint density at radius 3 is 2.68 bits per heavy atom. The molecule has 8 heteroatoms. The zero-order valence-corrected chi connectivity index (χ0v) is 11.8. The van der Waals surface area contributed by atoms with Crippen LogP contribution in [-0.2, 0) is 10.0 Å². The van der Waals surface area contributed by atoms with Crippen molar-refractivity contribution in [2.75, 3.05) is 0 Å². The molecule has 1 aromatic heterocycles. The monoisotopic (exact) mass is 346 g/mol. The minimum atomic E-state index is -3.95. The molecule has 0 radical (unpaired) electrons. The van der Waals surface area contributed by atoms with E-state index in [0.29, 0.717) is 0 Å². The Kier molecular flexibility index (Phi) is 3.83. The number of nitrogens with two attached hydrogens (primary N) is 1. The molecule has 5 nitrogen and oxygen atoms in total. The van der Waals surface area contributed by atoms with Crippen molar-refractivity contribution in [1.29, 1.82) is 0 Å². The van der Waals surface area contributed by atoms with Crippen LogP contribution in [0, 0.1) is 5.82 Å². The molecule has 19 heavy (non-hydrogen) atoms. The van der Waals surface area contributed by atoms with E-state index in [2.05, 4.69) is 20.9 Å². The van der Waals surface area contributed by atoms with Gasteiger partial charge in [0.1, 0.15) is 16.5 Å². The average molecular weight is 347 g/mol. The van der Waals surface area contributed by atoms with Gasteiger partial charge in [0.25, 0.3) is 0 Å². The zero-order chi connectivity index (χ0) is 14.0. The quantitative estimate of drug-likeness (QED) is 0.925. The molecule has 2 rings (SSSR count). The van der Waals surface area contributed by atoms with Gasteiger partial charge in [0.05, 0.1) is 4.47 Å². The van der Waals surface area contributed by atoms with Crippen molar-refractivity contribution in [2.45, 2.75) is 4.90 Å². The smallest absolute Gasteiger partial charge is 0.243 e. The van der Waals surface area contributed by atoms with Gasteiger partial charge in [-0.3, -0.25) is 0 Å². The number of halogens is 2.